The first-order valence-corrected chi connectivity index (χ1v) is 9.15. The molecule has 2 aromatic rings. The number of ether oxygens (including phenoxy) is 2. The number of rotatable bonds is 4. The van der Waals surface area contributed by atoms with Crippen LogP contribution < -0.4 is 10.1 Å². The average Bonchev–Trinajstić information content (AvgIpc) is 3.14. The van der Waals surface area contributed by atoms with Gasteiger partial charge in [0.25, 0.3) is 0 Å². The zero-order valence-electron chi connectivity index (χ0n) is 15.3. The molecule has 0 amide bonds. The van der Waals surface area contributed by atoms with Gasteiger partial charge in [-0.05, 0) is 32.3 Å². The van der Waals surface area contributed by atoms with E-state index in [1.54, 1.807) is 0 Å². The maximum atomic E-state index is 6.20. The Balaban J connectivity index is 1.48. The highest BCUT2D eigenvalue weighted by molar-refractivity contribution is 5.45. The number of benzene rings is 1. The molecule has 0 bridgehead atoms. The lowest BCUT2D eigenvalue weighted by atomic mass is 9.97. The van der Waals surface area contributed by atoms with Crippen molar-refractivity contribution in [3.63, 3.8) is 0 Å². The number of aryl methyl sites for hydroxylation is 1. The summed E-state index contributed by atoms with van der Waals surface area (Å²) in [4.78, 5) is 0. The van der Waals surface area contributed by atoms with Crippen molar-refractivity contribution in [2.75, 3.05) is 6.61 Å². The minimum atomic E-state index is -0.107. The van der Waals surface area contributed by atoms with E-state index in [-0.39, 0.29) is 11.7 Å². The molecule has 1 fully saturated rings. The quantitative estimate of drug-likeness (QED) is 0.928. The highest BCUT2D eigenvalue weighted by Gasteiger charge is 2.32. The summed E-state index contributed by atoms with van der Waals surface area (Å²) in [6, 6.07) is 6.77. The Labute approximate surface area is 149 Å². The molecule has 5 heteroatoms. The number of hydrogen-bond acceptors (Lipinski definition) is 4. The Morgan fingerprint density at radius 1 is 1.36 bits per heavy atom. The molecular formula is C20H27N3O2. The molecule has 0 saturated carbocycles. The zero-order chi connectivity index (χ0) is 17.4. The van der Waals surface area contributed by atoms with Crippen molar-refractivity contribution in [2.24, 2.45) is 7.05 Å². The third-order valence-corrected chi connectivity index (χ3v) is 5.10. The number of hydrogen-bond donors (Lipinski definition) is 1. The molecule has 5 nitrogen and oxygen atoms in total. The minimum Gasteiger partial charge on any atom is -0.487 e. The van der Waals surface area contributed by atoms with Crippen LogP contribution in [0.25, 0.3) is 0 Å². The smallest absolute Gasteiger partial charge is 0.127 e. The van der Waals surface area contributed by atoms with Gasteiger partial charge in [0.05, 0.1) is 6.20 Å². The maximum absolute atomic E-state index is 6.20. The molecular weight excluding hydrogens is 314 g/mol. The van der Waals surface area contributed by atoms with E-state index in [2.05, 4.69) is 48.7 Å². The van der Waals surface area contributed by atoms with Crippen LogP contribution in [0.4, 0.5) is 0 Å². The Hall–Kier alpha value is -1.85. The fraction of sp³-hybridized carbons (Fsp3) is 0.550. The molecule has 0 spiro atoms. The van der Waals surface area contributed by atoms with E-state index in [9.17, 15) is 0 Å². The standard InChI is InChI=1S/C20H27N3O2/c1-20(2)10-14-6-4-7-15(18(14)25-20)11-21-17-8-5-9-24-19(17)16-12-22-23(3)13-16/h4,6-7,12-13,17,19,21H,5,8-11H2,1-3H3/t17-,19+/m0/s1. The fourth-order valence-electron chi connectivity index (χ4n) is 3.97. The van der Waals surface area contributed by atoms with Gasteiger partial charge in [-0.2, -0.15) is 5.10 Å². The van der Waals surface area contributed by atoms with E-state index in [0.29, 0.717) is 6.04 Å². The second kappa shape index (κ2) is 6.46. The molecule has 25 heavy (non-hydrogen) atoms. The molecule has 0 aliphatic carbocycles. The molecule has 1 aromatic heterocycles. The summed E-state index contributed by atoms with van der Waals surface area (Å²) >= 11 is 0. The van der Waals surface area contributed by atoms with Crippen LogP contribution >= 0.6 is 0 Å². The van der Waals surface area contributed by atoms with Crippen molar-refractivity contribution in [3.05, 3.63) is 47.3 Å². The molecule has 1 N–H and O–H groups in total. The lowest BCUT2D eigenvalue weighted by Crippen LogP contribution is -2.39. The van der Waals surface area contributed by atoms with Gasteiger partial charge in [-0.1, -0.05) is 18.2 Å². The molecule has 2 aliphatic heterocycles. The predicted molar refractivity (Wildman–Crippen MR) is 96.6 cm³/mol. The van der Waals surface area contributed by atoms with Gasteiger partial charge in [0.2, 0.25) is 0 Å². The number of nitrogens with zero attached hydrogens (tertiary/aromatic N) is 2. The van der Waals surface area contributed by atoms with Gasteiger partial charge < -0.3 is 14.8 Å². The average molecular weight is 341 g/mol. The van der Waals surface area contributed by atoms with Crippen molar-refractivity contribution in [1.82, 2.24) is 15.1 Å². The van der Waals surface area contributed by atoms with E-state index in [1.165, 1.54) is 11.1 Å². The van der Waals surface area contributed by atoms with Crippen LogP contribution in [0, 0.1) is 0 Å². The van der Waals surface area contributed by atoms with Crippen molar-refractivity contribution >= 4 is 0 Å². The zero-order valence-corrected chi connectivity index (χ0v) is 15.3. The van der Waals surface area contributed by atoms with Crippen molar-refractivity contribution in [3.8, 4) is 5.75 Å². The molecule has 2 atom stereocenters. The van der Waals surface area contributed by atoms with Crippen LogP contribution in [0.3, 0.4) is 0 Å². The molecule has 0 unspecified atom stereocenters. The Bertz CT molecular complexity index is 753. The van der Waals surface area contributed by atoms with Crippen LogP contribution in [-0.2, 0) is 24.8 Å². The lowest BCUT2D eigenvalue weighted by Gasteiger charge is -2.32. The highest BCUT2D eigenvalue weighted by Crippen LogP contribution is 2.38. The summed E-state index contributed by atoms with van der Waals surface area (Å²) in [5.41, 5.74) is 3.59. The van der Waals surface area contributed by atoms with Gasteiger partial charge in [0.15, 0.2) is 0 Å². The third kappa shape index (κ3) is 3.44. The van der Waals surface area contributed by atoms with Crippen LogP contribution in [0.5, 0.6) is 5.75 Å². The Morgan fingerprint density at radius 3 is 3.04 bits per heavy atom. The fourth-order valence-corrected chi connectivity index (χ4v) is 3.97. The lowest BCUT2D eigenvalue weighted by molar-refractivity contribution is -0.0113. The highest BCUT2D eigenvalue weighted by atomic mass is 16.5. The number of fused-ring (bicyclic) bond motifs is 1. The summed E-state index contributed by atoms with van der Waals surface area (Å²) in [6.45, 7) is 5.91. The first-order chi connectivity index (χ1) is 12.0. The SMILES string of the molecule is Cn1cc([C@H]2OCCC[C@@H]2NCc2cccc3c2OC(C)(C)C3)cn1. The molecule has 3 heterocycles. The number of aromatic nitrogens is 2. The second-order valence-electron chi connectivity index (χ2n) is 7.81. The first-order valence-electron chi connectivity index (χ1n) is 9.15. The molecule has 134 valence electrons. The van der Waals surface area contributed by atoms with E-state index in [1.807, 2.05) is 17.9 Å². The van der Waals surface area contributed by atoms with E-state index < -0.39 is 0 Å². The Kier molecular flexibility index (Phi) is 4.29. The van der Waals surface area contributed by atoms with Crippen LogP contribution in [0.1, 0.15) is 49.5 Å². The minimum absolute atomic E-state index is 0.0663. The van der Waals surface area contributed by atoms with Crippen molar-refractivity contribution in [2.45, 2.75) is 57.4 Å². The van der Waals surface area contributed by atoms with Gasteiger partial charge in [0, 0.05) is 50.0 Å². The Morgan fingerprint density at radius 2 is 2.24 bits per heavy atom. The van der Waals surface area contributed by atoms with Crippen molar-refractivity contribution < 1.29 is 9.47 Å². The van der Waals surface area contributed by atoms with Crippen LogP contribution in [-0.4, -0.2) is 28.0 Å². The second-order valence-corrected chi connectivity index (χ2v) is 7.81. The monoisotopic (exact) mass is 341 g/mol. The van der Waals surface area contributed by atoms with Gasteiger partial charge in [-0.3, -0.25) is 4.68 Å². The van der Waals surface area contributed by atoms with Crippen molar-refractivity contribution in [1.29, 1.82) is 0 Å². The molecule has 1 aromatic carbocycles. The summed E-state index contributed by atoms with van der Waals surface area (Å²) in [7, 11) is 1.95. The van der Waals surface area contributed by atoms with Crippen LogP contribution in [0.15, 0.2) is 30.6 Å². The maximum Gasteiger partial charge on any atom is 0.127 e. The summed E-state index contributed by atoms with van der Waals surface area (Å²) in [6.07, 6.45) is 7.21. The summed E-state index contributed by atoms with van der Waals surface area (Å²) < 4.78 is 14.1. The van der Waals surface area contributed by atoms with E-state index >= 15 is 0 Å². The third-order valence-electron chi connectivity index (χ3n) is 5.10. The molecule has 0 radical (unpaired) electrons. The van der Waals surface area contributed by atoms with Gasteiger partial charge in [-0.25, -0.2) is 0 Å². The molecule has 4 rings (SSSR count). The van der Waals surface area contributed by atoms with Crippen LogP contribution in [0.2, 0.25) is 0 Å². The normalized spacial score (nSPS) is 24.8. The van der Waals surface area contributed by atoms with Gasteiger partial charge >= 0.3 is 0 Å². The van der Waals surface area contributed by atoms with E-state index in [0.717, 1.165) is 43.7 Å². The largest absolute Gasteiger partial charge is 0.487 e. The summed E-state index contributed by atoms with van der Waals surface area (Å²) in [5, 5.41) is 8.01. The van der Waals surface area contributed by atoms with Gasteiger partial charge in [-0.15, -0.1) is 0 Å². The molecule has 1 saturated heterocycles. The van der Waals surface area contributed by atoms with Gasteiger partial charge in [0.1, 0.15) is 17.5 Å². The number of para-hydroxylation sites is 1. The molecule has 2 aliphatic rings. The number of nitrogens with one attached hydrogen (secondary N) is 1. The predicted octanol–water partition coefficient (Wildman–Crippen LogP) is 3.14. The summed E-state index contributed by atoms with van der Waals surface area (Å²) in [5.74, 6) is 1.06. The topological polar surface area (TPSA) is 48.3 Å². The first kappa shape index (κ1) is 16.6. The van der Waals surface area contributed by atoms with E-state index in [4.69, 9.17) is 9.47 Å².